The molecule has 29 heavy (non-hydrogen) atoms. The molecule has 3 heterocycles. The maximum Gasteiger partial charge on any atom is 0.193 e. The first-order chi connectivity index (χ1) is 13.8. The molecular weight excluding hydrogens is 432 g/mol. The summed E-state index contributed by atoms with van der Waals surface area (Å²) < 4.78 is 56.6. The van der Waals surface area contributed by atoms with Crippen molar-refractivity contribution in [1.29, 1.82) is 0 Å². The number of thiophene rings is 1. The van der Waals surface area contributed by atoms with Crippen LogP contribution in [0.15, 0.2) is 46.0 Å². The van der Waals surface area contributed by atoms with E-state index in [-0.39, 0.29) is 15.7 Å². The summed E-state index contributed by atoms with van der Waals surface area (Å²) in [7, 11) is -5.43. The highest BCUT2D eigenvalue weighted by molar-refractivity contribution is 7.97. The van der Waals surface area contributed by atoms with Crippen LogP contribution >= 0.6 is 11.3 Å². The quantitative estimate of drug-likeness (QED) is 0.674. The summed E-state index contributed by atoms with van der Waals surface area (Å²) in [4.78, 5) is 4.23. The van der Waals surface area contributed by atoms with E-state index in [0.717, 1.165) is 22.8 Å². The van der Waals surface area contributed by atoms with E-state index in [1.165, 1.54) is 0 Å². The molecule has 0 aliphatic carbocycles. The van der Waals surface area contributed by atoms with Gasteiger partial charge in [0.05, 0.1) is 29.6 Å². The molecule has 2 aliphatic heterocycles. The lowest BCUT2D eigenvalue weighted by Gasteiger charge is -2.40. The van der Waals surface area contributed by atoms with Gasteiger partial charge in [0, 0.05) is 32.2 Å². The van der Waals surface area contributed by atoms with Crippen LogP contribution in [0.3, 0.4) is 0 Å². The maximum atomic E-state index is 13.1. The normalized spacial score (nSPS) is 25.2. The average Bonchev–Trinajstić information content (AvgIpc) is 3.36. The molecule has 0 saturated carbocycles. The molecule has 2 saturated heterocycles. The maximum absolute atomic E-state index is 13.1. The number of sulfone groups is 2. The summed E-state index contributed by atoms with van der Waals surface area (Å²) in [5, 5.41) is 0.793. The summed E-state index contributed by atoms with van der Waals surface area (Å²) in [6.45, 7) is 2.58. The highest BCUT2D eigenvalue weighted by atomic mass is 32.2. The molecule has 0 radical (unpaired) electrons. The number of ether oxygens (including phenoxy) is 1. The minimum absolute atomic E-state index is 0.100. The van der Waals surface area contributed by atoms with Crippen LogP contribution in [0.4, 0.5) is 5.69 Å². The van der Waals surface area contributed by atoms with E-state index in [9.17, 15) is 16.8 Å². The Kier molecular flexibility index (Phi) is 5.62. The fraction of sp³-hybridized carbons (Fsp3) is 0.474. The summed E-state index contributed by atoms with van der Waals surface area (Å²) in [5.74, 6) is 0.393. The Morgan fingerprint density at radius 1 is 1.03 bits per heavy atom. The fourth-order valence-electron chi connectivity index (χ4n) is 4.19. The molecule has 0 spiro atoms. The van der Waals surface area contributed by atoms with E-state index in [2.05, 4.69) is 4.90 Å². The van der Waals surface area contributed by atoms with E-state index >= 15 is 0 Å². The Hall–Kier alpha value is -1.62. The second-order valence-electron chi connectivity index (χ2n) is 7.35. The van der Waals surface area contributed by atoms with Crippen molar-refractivity contribution in [3.63, 3.8) is 0 Å². The zero-order chi connectivity index (χ0) is 20.6. The summed E-state index contributed by atoms with van der Waals surface area (Å²) in [6.07, 6.45) is 0. The molecule has 2 unspecified atom stereocenters. The van der Waals surface area contributed by atoms with Gasteiger partial charge in [0.15, 0.2) is 19.7 Å². The molecule has 0 amide bonds. The van der Waals surface area contributed by atoms with Crippen molar-refractivity contribution in [1.82, 2.24) is 4.90 Å². The van der Waals surface area contributed by atoms with Gasteiger partial charge in [-0.2, -0.15) is 0 Å². The smallest absolute Gasteiger partial charge is 0.193 e. The molecule has 0 N–H and O–H groups in total. The highest BCUT2D eigenvalue weighted by Gasteiger charge is 2.49. The summed E-state index contributed by atoms with van der Waals surface area (Å²) in [5.41, 5.74) is 0.997. The molecule has 2 aromatic rings. The van der Waals surface area contributed by atoms with Crippen LogP contribution in [0.5, 0.6) is 5.75 Å². The molecule has 2 fully saturated rings. The first-order valence-electron chi connectivity index (χ1n) is 9.42. The highest BCUT2D eigenvalue weighted by Crippen LogP contribution is 2.33. The lowest BCUT2D eigenvalue weighted by atomic mass is 10.1. The van der Waals surface area contributed by atoms with E-state index in [0.29, 0.717) is 26.2 Å². The van der Waals surface area contributed by atoms with E-state index in [1.807, 2.05) is 29.2 Å². The molecule has 1 aromatic heterocycles. The molecule has 7 nitrogen and oxygen atoms in total. The monoisotopic (exact) mass is 456 g/mol. The van der Waals surface area contributed by atoms with Crippen molar-refractivity contribution in [2.75, 3.05) is 49.7 Å². The summed E-state index contributed by atoms with van der Waals surface area (Å²) in [6, 6.07) is 10.5. The Bertz CT molecular complexity index is 1060. The van der Waals surface area contributed by atoms with Crippen molar-refractivity contribution in [2.24, 2.45) is 0 Å². The summed E-state index contributed by atoms with van der Waals surface area (Å²) >= 11 is 1.14. The number of methoxy groups -OCH3 is 1. The Morgan fingerprint density at radius 2 is 1.76 bits per heavy atom. The number of piperazine rings is 1. The third-order valence-corrected chi connectivity index (χ3v) is 11.2. The number of rotatable bonds is 5. The first-order valence-corrected chi connectivity index (χ1v) is 13.7. The zero-order valence-corrected chi connectivity index (χ0v) is 18.5. The van der Waals surface area contributed by atoms with Crippen LogP contribution in [0.25, 0.3) is 0 Å². The number of nitrogens with zero attached hydrogens (tertiary/aromatic N) is 2. The molecule has 2 atom stereocenters. The average molecular weight is 457 g/mol. The molecule has 4 rings (SSSR count). The van der Waals surface area contributed by atoms with Crippen LogP contribution in [0.1, 0.15) is 0 Å². The number of hydrogen-bond donors (Lipinski definition) is 0. The lowest BCUT2D eigenvalue weighted by molar-refractivity contribution is 0.201. The van der Waals surface area contributed by atoms with E-state index in [1.54, 1.807) is 24.6 Å². The van der Waals surface area contributed by atoms with Crippen LogP contribution in [-0.2, 0) is 19.7 Å². The van der Waals surface area contributed by atoms with Crippen molar-refractivity contribution in [2.45, 2.75) is 15.5 Å². The van der Waals surface area contributed by atoms with Gasteiger partial charge in [-0.15, -0.1) is 11.3 Å². The van der Waals surface area contributed by atoms with Gasteiger partial charge in [-0.05, 0) is 23.6 Å². The van der Waals surface area contributed by atoms with Crippen LogP contribution in [0.2, 0.25) is 0 Å². The largest absolute Gasteiger partial charge is 0.495 e. The van der Waals surface area contributed by atoms with E-state index < -0.39 is 31.0 Å². The van der Waals surface area contributed by atoms with E-state index in [4.69, 9.17) is 4.74 Å². The predicted octanol–water partition coefficient (Wildman–Crippen LogP) is 1.52. The van der Waals surface area contributed by atoms with Gasteiger partial charge in [-0.1, -0.05) is 18.2 Å². The second-order valence-corrected chi connectivity index (χ2v) is 12.8. The van der Waals surface area contributed by atoms with Gasteiger partial charge in [0.2, 0.25) is 0 Å². The zero-order valence-electron chi connectivity index (χ0n) is 16.1. The van der Waals surface area contributed by atoms with Crippen LogP contribution in [0, 0.1) is 0 Å². The molecule has 158 valence electrons. The fourth-order valence-corrected chi connectivity index (χ4v) is 10.2. The molecular formula is C19H24N2O5S3. The van der Waals surface area contributed by atoms with Crippen molar-refractivity contribution >= 4 is 36.7 Å². The minimum atomic E-state index is -3.68. The molecule has 1 aromatic carbocycles. The van der Waals surface area contributed by atoms with Gasteiger partial charge in [0.25, 0.3) is 0 Å². The SMILES string of the molecule is COc1ccccc1N1CCN(C2CS(=O)(=O)CC2S(=O)(=O)c2cccs2)CC1. The topological polar surface area (TPSA) is 84.0 Å². The van der Waals surface area contributed by atoms with Crippen LogP contribution < -0.4 is 9.64 Å². The predicted molar refractivity (Wildman–Crippen MR) is 115 cm³/mol. The Labute approximate surface area is 175 Å². The van der Waals surface area contributed by atoms with Crippen molar-refractivity contribution in [3.8, 4) is 5.75 Å². The minimum Gasteiger partial charge on any atom is -0.495 e. The van der Waals surface area contributed by atoms with Crippen molar-refractivity contribution in [3.05, 3.63) is 41.8 Å². The Balaban J connectivity index is 1.53. The Morgan fingerprint density at radius 3 is 2.41 bits per heavy atom. The lowest BCUT2D eigenvalue weighted by Crippen LogP contribution is -2.55. The third-order valence-electron chi connectivity index (χ3n) is 5.66. The number of para-hydroxylation sites is 2. The molecule has 0 bridgehead atoms. The van der Waals surface area contributed by atoms with Gasteiger partial charge < -0.3 is 9.64 Å². The second kappa shape index (κ2) is 7.90. The molecule has 10 heteroatoms. The first kappa shape index (κ1) is 20.6. The third kappa shape index (κ3) is 4.03. The standard InChI is InChI=1S/C19H24N2O5S3/c1-26-17-6-3-2-5-15(17)20-8-10-21(11-9-20)16-13-28(22,23)14-18(16)29(24,25)19-7-4-12-27-19/h2-7,12,16,18H,8-11,13-14H2,1H3. The molecule has 2 aliphatic rings. The number of benzene rings is 1. The van der Waals surface area contributed by atoms with Gasteiger partial charge in [0.1, 0.15) is 9.96 Å². The van der Waals surface area contributed by atoms with Crippen LogP contribution in [-0.4, -0.2) is 77.8 Å². The number of hydrogen-bond acceptors (Lipinski definition) is 8. The van der Waals surface area contributed by atoms with Gasteiger partial charge >= 0.3 is 0 Å². The van der Waals surface area contributed by atoms with Gasteiger partial charge in [-0.3, -0.25) is 4.90 Å². The van der Waals surface area contributed by atoms with Gasteiger partial charge in [-0.25, -0.2) is 16.8 Å². The number of anilines is 1. The van der Waals surface area contributed by atoms with Crippen molar-refractivity contribution < 1.29 is 21.6 Å².